The number of piperazine rings is 1. The Morgan fingerprint density at radius 1 is 1.47 bits per heavy atom. The van der Waals surface area contributed by atoms with Gasteiger partial charge in [0.15, 0.2) is 11.6 Å². The van der Waals surface area contributed by atoms with Gasteiger partial charge in [0.2, 0.25) is 0 Å². The maximum absolute atomic E-state index is 14.2. The second-order valence-electron chi connectivity index (χ2n) is 4.62. The fourth-order valence-corrected chi connectivity index (χ4v) is 2.16. The van der Waals surface area contributed by atoms with E-state index < -0.39 is 0 Å². The molecule has 0 spiro atoms. The Labute approximate surface area is 101 Å². The first-order valence-electron chi connectivity index (χ1n) is 6.12. The van der Waals surface area contributed by atoms with Gasteiger partial charge in [-0.05, 0) is 20.3 Å². The molecule has 2 unspecified atom stereocenters. The SMILES string of the molecule is CCc1ncnc(N2CC(C)NCC2C)c1F. The molecule has 5 heteroatoms. The summed E-state index contributed by atoms with van der Waals surface area (Å²) in [6, 6.07) is 0.603. The molecule has 2 rings (SSSR count). The Hall–Kier alpha value is -1.23. The van der Waals surface area contributed by atoms with Crippen LogP contribution in [0.25, 0.3) is 0 Å². The molecule has 1 aromatic heterocycles. The smallest absolute Gasteiger partial charge is 0.187 e. The van der Waals surface area contributed by atoms with E-state index in [0.717, 1.165) is 13.1 Å². The third kappa shape index (κ3) is 2.39. The molecular formula is C12H19FN4. The highest BCUT2D eigenvalue weighted by Gasteiger charge is 2.26. The molecule has 17 heavy (non-hydrogen) atoms. The Kier molecular flexibility index (Phi) is 3.57. The first-order chi connectivity index (χ1) is 8.13. The lowest BCUT2D eigenvalue weighted by molar-refractivity contribution is 0.416. The number of nitrogens with one attached hydrogen (secondary N) is 1. The second-order valence-corrected chi connectivity index (χ2v) is 4.62. The van der Waals surface area contributed by atoms with Crippen molar-refractivity contribution in [2.24, 2.45) is 0 Å². The highest BCUT2D eigenvalue weighted by atomic mass is 19.1. The fraction of sp³-hybridized carbons (Fsp3) is 0.667. The van der Waals surface area contributed by atoms with Gasteiger partial charge in [0.25, 0.3) is 0 Å². The molecule has 2 atom stereocenters. The predicted molar refractivity (Wildman–Crippen MR) is 65.6 cm³/mol. The summed E-state index contributed by atoms with van der Waals surface area (Å²) in [5.74, 6) is 0.175. The zero-order valence-corrected chi connectivity index (χ0v) is 10.6. The van der Waals surface area contributed by atoms with Crippen molar-refractivity contribution >= 4 is 5.82 Å². The van der Waals surface area contributed by atoms with Crippen LogP contribution in [0.15, 0.2) is 6.33 Å². The van der Waals surface area contributed by atoms with E-state index in [0.29, 0.717) is 24.0 Å². The number of hydrogen-bond donors (Lipinski definition) is 1. The Morgan fingerprint density at radius 2 is 2.24 bits per heavy atom. The summed E-state index contributed by atoms with van der Waals surface area (Å²) < 4.78 is 14.2. The van der Waals surface area contributed by atoms with Crippen LogP contribution in [0.1, 0.15) is 26.5 Å². The largest absolute Gasteiger partial charge is 0.349 e. The van der Waals surface area contributed by atoms with E-state index in [4.69, 9.17) is 0 Å². The molecule has 1 aliphatic rings. The van der Waals surface area contributed by atoms with E-state index in [-0.39, 0.29) is 11.9 Å². The van der Waals surface area contributed by atoms with Crippen molar-refractivity contribution < 1.29 is 4.39 Å². The fourth-order valence-electron chi connectivity index (χ4n) is 2.16. The number of rotatable bonds is 2. The number of aromatic nitrogens is 2. The minimum absolute atomic E-state index is 0.250. The van der Waals surface area contributed by atoms with Crippen LogP contribution >= 0.6 is 0 Å². The van der Waals surface area contributed by atoms with Crippen molar-refractivity contribution in [2.45, 2.75) is 39.3 Å². The zero-order valence-electron chi connectivity index (χ0n) is 10.6. The molecule has 1 aliphatic heterocycles. The average Bonchev–Trinajstić information content (AvgIpc) is 2.33. The topological polar surface area (TPSA) is 41.1 Å². The molecule has 0 radical (unpaired) electrons. The first kappa shape index (κ1) is 12.2. The monoisotopic (exact) mass is 238 g/mol. The van der Waals surface area contributed by atoms with Crippen LogP contribution in [0, 0.1) is 5.82 Å². The molecule has 0 aliphatic carbocycles. The minimum atomic E-state index is -0.268. The van der Waals surface area contributed by atoms with Crippen molar-refractivity contribution in [2.75, 3.05) is 18.0 Å². The molecule has 1 saturated heterocycles. The first-order valence-corrected chi connectivity index (χ1v) is 6.12. The molecule has 1 aromatic rings. The Morgan fingerprint density at radius 3 is 2.94 bits per heavy atom. The lowest BCUT2D eigenvalue weighted by Gasteiger charge is -2.38. The van der Waals surface area contributed by atoms with Crippen LogP contribution in [0.5, 0.6) is 0 Å². The minimum Gasteiger partial charge on any atom is -0.349 e. The predicted octanol–water partition coefficient (Wildman–Crippen LogP) is 1.36. The average molecular weight is 238 g/mol. The van der Waals surface area contributed by atoms with Crippen LogP contribution in [-0.2, 0) is 6.42 Å². The maximum Gasteiger partial charge on any atom is 0.187 e. The van der Waals surface area contributed by atoms with Crippen LogP contribution < -0.4 is 10.2 Å². The van der Waals surface area contributed by atoms with Gasteiger partial charge in [-0.1, -0.05) is 6.92 Å². The lowest BCUT2D eigenvalue weighted by Crippen LogP contribution is -2.55. The van der Waals surface area contributed by atoms with Crippen molar-refractivity contribution in [3.8, 4) is 0 Å². The van der Waals surface area contributed by atoms with Gasteiger partial charge < -0.3 is 10.2 Å². The molecule has 0 bridgehead atoms. The third-order valence-electron chi connectivity index (χ3n) is 3.21. The third-order valence-corrected chi connectivity index (χ3v) is 3.21. The van der Waals surface area contributed by atoms with Crippen LogP contribution in [0.3, 0.4) is 0 Å². The maximum atomic E-state index is 14.2. The number of hydrogen-bond acceptors (Lipinski definition) is 4. The van der Waals surface area contributed by atoms with Gasteiger partial charge in [-0.15, -0.1) is 0 Å². The van der Waals surface area contributed by atoms with Gasteiger partial charge in [-0.3, -0.25) is 0 Å². The standard InChI is InChI=1S/C12H19FN4/c1-4-10-11(13)12(16-7-15-10)17-6-8(2)14-5-9(17)3/h7-9,14H,4-6H2,1-3H3. The van der Waals surface area contributed by atoms with Crippen molar-refractivity contribution in [1.29, 1.82) is 0 Å². The highest BCUT2D eigenvalue weighted by molar-refractivity contribution is 5.43. The summed E-state index contributed by atoms with van der Waals surface area (Å²) >= 11 is 0. The van der Waals surface area contributed by atoms with Gasteiger partial charge >= 0.3 is 0 Å². The molecule has 4 nitrogen and oxygen atoms in total. The molecule has 1 fully saturated rings. The number of halogens is 1. The molecule has 0 aromatic carbocycles. The molecule has 0 amide bonds. The van der Waals surface area contributed by atoms with Gasteiger partial charge in [0.05, 0.1) is 5.69 Å². The highest BCUT2D eigenvalue weighted by Crippen LogP contribution is 2.22. The number of anilines is 1. The van der Waals surface area contributed by atoms with Crippen LogP contribution in [-0.4, -0.2) is 35.1 Å². The van der Waals surface area contributed by atoms with E-state index in [2.05, 4.69) is 29.1 Å². The normalized spacial score (nSPS) is 25.1. The summed E-state index contributed by atoms with van der Waals surface area (Å²) in [6.07, 6.45) is 2.05. The Balaban J connectivity index is 2.32. The summed E-state index contributed by atoms with van der Waals surface area (Å²) in [5, 5.41) is 3.37. The van der Waals surface area contributed by atoms with E-state index in [1.165, 1.54) is 6.33 Å². The van der Waals surface area contributed by atoms with Crippen molar-refractivity contribution in [3.63, 3.8) is 0 Å². The summed E-state index contributed by atoms with van der Waals surface area (Å²) in [6.45, 7) is 7.70. The summed E-state index contributed by atoms with van der Waals surface area (Å²) in [7, 11) is 0. The van der Waals surface area contributed by atoms with Gasteiger partial charge in [-0.25, -0.2) is 14.4 Å². The quantitative estimate of drug-likeness (QED) is 0.844. The van der Waals surface area contributed by atoms with E-state index in [1.807, 2.05) is 11.8 Å². The lowest BCUT2D eigenvalue weighted by atomic mass is 10.1. The van der Waals surface area contributed by atoms with E-state index in [1.54, 1.807) is 0 Å². The number of nitrogens with zero attached hydrogens (tertiary/aromatic N) is 3. The molecule has 2 heterocycles. The van der Waals surface area contributed by atoms with Crippen molar-refractivity contribution in [3.05, 3.63) is 17.8 Å². The van der Waals surface area contributed by atoms with E-state index in [9.17, 15) is 4.39 Å². The summed E-state index contributed by atoms with van der Waals surface area (Å²) in [5.41, 5.74) is 0.494. The van der Waals surface area contributed by atoms with Gasteiger partial charge in [0.1, 0.15) is 6.33 Å². The molecule has 0 saturated carbocycles. The van der Waals surface area contributed by atoms with Gasteiger partial charge in [0, 0.05) is 25.2 Å². The van der Waals surface area contributed by atoms with Crippen molar-refractivity contribution in [1.82, 2.24) is 15.3 Å². The van der Waals surface area contributed by atoms with Crippen LogP contribution in [0.2, 0.25) is 0 Å². The van der Waals surface area contributed by atoms with Gasteiger partial charge in [-0.2, -0.15) is 0 Å². The van der Waals surface area contributed by atoms with Crippen LogP contribution in [0.4, 0.5) is 10.2 Å². The Bertz CT molecular complexity index is 396. The summed E-state index contributed by atoms with van der Waals surface area (Å²) in [4.78, 5) is 10.1. The number of aryl methyl sites for hydroxylation is 1. The molecule has 1 N–H and O–H groups in total. The molecular weight excluding hydrogens is 219 g/mol. The molecule has 94 valence electrons. The zero-order chi connectivity index (χ0) is 12.4. The second kappa shape index (κ2) is 4.96. The van der Waals surface area contributed by atoms with E-state index >= 15 is 0 Å².